The Bertz CT molecular complexity index is 398. The van der Waals surface area contributed by atoms with E-state index in [1.807, 2.05) is 12.1 Å². The maximum Gasteiger partial charge on any atom is 0.0451 e. The van der Waals surface area contributed by atoms with E-state index in [9.17, 15) is 0 Å². The molecule has 0 saturated carbocycles. The second kappa shape index (κ2) is 5.57. The van der Waals surface area contributed by atoms with E-state index in [-0.39, 0.29) is 0 Å². The van der Waals surface area contributed by atoms with Gasteiger partial charge in [0.2, 0.25) is 0 Å². The molecule has 0 spiro atoms. The first-order chi connectivity index (χ1) is 8.83. The molecule has 18 heavy (non-hydrogen) atoms. The molecule has 98 valence electrons. The fourth-order valence-corrected chi connectivity index (χ4v) is 2.88. The van der Waals surface area contributed by atoms with Gasteiger partial charge in [-0.3, -0.25) is 9.80 Å². The summed E-state index contributed by atoms with van der Waals surface area (Å²) >= 11 is 6.21. The van der Waals surface area contributed by atoms with Gasteiger partial charge in [0.1, 0.15) is 0 Å². The van der Waals surface area contributed by atoms with Gasteiger partial charge in [0.15, 0.2) is 0 Å². The highest BCUT2D eigenvalue weighted by Gasteiger charge is 2.27. The molecule has 2 heterocycles. The number of benzene rings is 1. The molecule has 1 aromatic carbocycles. The van der Waals surface area contributed by atoms with Crippen LogP contribution in [0.2, 0.25) is 5.02 Å². The highest BCUT2D eigenvalue weighted by Crippen LogP contribution is 2.18. The minimum absolute atomic E-state index is 0.785. The standard InChI is InChI=1S/C14H20ClN3/c15-14-4-2-1-3-12(14)11-17-5-7-18(8-6-17)13-9-16-10-13/h1-4,13,16H,5-11H2. The molecule has 0 amide bonds. The first kappa shape index (κ1) is 12.4. The molecule has 0 aliphatic carbocycles. The van der Waals surface area contributed by atoms with Gasteiger partial charge in [-0.05, 0) is 11.6 Å². The van der Waals surface area contributed by atoms with Crippen molar-refractivity contribution in [3.63, 3.8) is 0 Å². The molecule has 0 radical (unpaired) electrons. The van der Waals surface area contributed by atoms with E-state index in [2.05, 4.69) is 27.2 Å². The summed E-state index contributed by atoms with van der Waals surface area (Å²) in [5.74, 6) is 0. The molecule has 2 aliphatic rings. The summed E-state index contributed by atoms with van der Waals surface area (Å²) in [6.07, 6.45) is 0. The average molecular weight is 266 g/mol. The number of hydrogen-bond donors (Lipinski definition) is 1. The lowest BCUT2D eigenvalue weighted by Gasteiger charge is -2.43. The first-order valence-electron chi connectivity index (χ1n) is 6.73. The second-order valence-corrected chi connectivity index (χ2v) is 5.62. The van der Waals surface area contributed by atoms with Crippen molar-refractivity contribution >= 4 is 11.6 Å². The predicted octanol–water partition coefficient (Wildman–Crippen LogP) is 1.43. The molecule has 0 unspecified atom stereocenters. The van der Waals surface area contributed by atoms with Crippen molar-refractivity contribution in [3.8, 4) is 0 Å². The van der Waals surface area contributed by atoms with Crippen LogP contribution in [0.5, 0.6) is 0 Å². The second-order valence-electron chi connectivity index (χ2n) is 5.22. The van der Waals surface area contributed by atoms with E-state index in [4.69, 9.17) is 11.6 Å². The van der Waals surface area contributed by atoms with E-state index < -0.39 is 0 Å². The average Bonchev–Trinajstić information content (AvgIpc) is 2.32. The monoisotopic (exact) mass is 265 g/mol. The van der Waals surface area contributed by atoms with E-state index >= 15 is 0 Å². The summed E-state index contributed by atoms with van der Waals surface area (Å²) < 4.78 is 0. The van der Waals surface area contributed by atoms with Crippen LogP contribution < -0.4 is 5.32 Å². The molecule has 0 atom stereocenters. The van der Waals surface area contributed by atoms with Crippen molar-refractivity contribution < 1.29 is 0 Å². The molecule has 2 aliphatic heterocycles. The van der Waals surface area contributed by atoms with Crippen molar-refractivity contribution in [3.05, 3.63) is 34.9 Å². The molecule has 3 rings (SSSR count). The molecule has 1 aromatic rings. The Labute approximate surface area is 114 Å². The van der Waals surface area contributed by atoms with Crippen molar-refractivity contribution in [1.29, 1.82) is 0 Å². The Kier molecular flexibility index (Phi) is 3.85. The van der Waals surface area contributed by atoms with Gasteiger partial charge in [-0.2, -0.15) is 0 Å². The lowest BCUT2D eigenvalue weighted by molar-refractivity contribution is 0.0696. The van der Waals surface area contributed by atoms with Gasteiger partial charge in [-0.1, -0.05) is 29.8 Å². The number of halogens is 1. The van der Waals surface area contributed by atoms with Gasteiger partial charge in [-0.25, -0.2) is 0 Å². The molecule has 1 N–H and O–H groups in total. The Hall–Kier alpha value is -0.610. The van der Waals surface area contributed by atoms with Crippen LogP contribution in [0.15, 0.2) is 24.3 Å². The molecule has 4 heteroatoms. The molecule has 2 fully saturated rings. The summed E-state index contributed by atoms with van der Waals surface area (Å²) in [4.78, 5) is 5.11. The predicted molar refractivity (Wildman–Crippen MR) is 75.0 cm³/mol. The summed E-state index contributed by atoms with van der Waals surface area (Å²) in [5.41, 5.74) is 1.25. The van der Waals surface area contributed by atoms with Crippen LogP contribution in [0.1, 0.15) is 5.56 Å². The summed E-state index contributed by atoms with van der Waals surface area (Å²) in [5, 5.41) is 4.24. The van der Waals surface area contributed by atoms with Crippen LogP contribution >= 0.6 is 11.6 Å². The van der Waals surface area contributed by atoms with E-state index in [1.54, 1.807) is 0 Å². The molecule has 0 aromatic heterocycles. The molecular formula is C14H20ClN3. The Morgan fingerprint density at radius 2 is 1.83 bits per heavy atom. The van der Waals surface area contributed by atoms with Crippen LogP contribution in [0, 0.1) is 0 Å². The van der Waals surface area contributed by atoms with Crippen molar-refractivity contribution in [2.45, 2.75) is 12.6 Å². The molecule has 2 saturated heterocycles. The summed E-state index contributed by atoms with van der Waals surface area (Å²) in [6, 6.07) is 8.95. The normalized spacial score (nSPS) is 22.9. The van der Waals surface area contributed by atoms with E-state index in [0.29, 0.717) is 0 Å². The molecule has 3 nitrogen and oxygen atoms in total. The number of rotatable bonds is 3. The van der Waals surface area contributed by atoms with Crippen molar-refractivity contribution in [2.75, 3.05) is 39.3 Å². The minimum Gasteiger partial charge on any atom is -0.314 e. The quantitative estimate of drug-likeness (QED) is 0.892. The third kappa shape index (κ3) is 2.69. The van der Waals surface area contributed by atoms with Crippen LogP contribution in [0.4, 0.5) is 0 Å². The number of nitrogens with one attached hydrogen (secondary N) is 1. The zero-order valence-electron chi connectivity index (χ0n) is 10.6. The fourth-order valence-electron chi connectivity index (χ4n) is 2.69. The van der Waals surface area contributed by atoms with Gasteiger partial charge in [0.25, 0.3) is 0 Å². The largest absolute Gasteiger partial charge is 0.314 e. The fraction of sp³-hybridized carbons (Fsp3) is 0.571. The van der Waals surface area contributed by atoms with Gasteiger partial charge in [0.05, 0.1) is 0 Å². The topological polar surface area (TPSA) is 18.5 Å². The third-order valence-electron chi connectivity index (χ3n) is 4.03. The Morgan fingerprint density at radius 3 is 2.44 bits per heavy atom. The van der Waals surface area contributed by atoms with E-state index in [0.717, 1.165) is 30.7 Å². The van der Waals surface area contributed by atoms with Gasteiger partial charge in [0, 0.05) is 56.9 Å². The van der Waals surface area contributed by atoms with E-state index in [1.165, 1.54) is 31.7 Å². The molecular weight excluding hydrogens is 246 g/mol. The highest BCUT2D eigenvalue weighted by atomic mass is 35.5. The first-order valence-corrected chi connectivity index (χ1v) is 7.11. The smallest absolute Gasteiger partial charge is 0.0451 e. The van der Waals surface area contributed by atoms with Crippen LogP contribution in [0.25, 0.3) is 0 Å². The molecule has 0 bridgehead atoms. The van der Waals surface area contributed by atoms with Crippen LogP contribution in [-0.4, -0.2) is 55.1 Å². The Morgan fingerprint density at radius 1 is 1.11 bits per heavy atom. The van der Waals surface area contributed by atoms with Crippen molar-refractivity contribution in [2.24, 2.45) is 0 Å². The summed E-state index contributed by atoms with van der Waals surface area (Å²) in [7, 11) is 0. The third-order valence-corrected chi connectivity index (χ3v) is 4.40. The number of nitrogens with zero attached hydrogens (tertiary/aromatic N) is 2. The zero-order valence-corrected chi connectivity index (χ0v) is 11.4. The maximum absolute atomic E-state index is 6.21. The highest BCUT2D eigenvalue weighted by molar-refractivity contribution is 6.31. The lowest BCUT2D eigenvalue weighted by Crippen LogP contribution is -2.61. The summed E-state index contributed by atoms with van der Waals surface area (Å²) in [6.45, 7) is 8.02. The van der Waals surface area contributed by atoms with Crippen LogP contribution in [-0.2, 0) is 6.54 Å². The van der Waals surface area contributed by atoms with Gasteiger partial charge >= 0.3 is 0 Å². The van der Waals surface area contributed by atoms with Gasteiger partial charge in [-0.15, -0.1) is 0 Å². The number of piperazine rings is 1. The lowest BCUT2D eigenvalue weighted by atomic mass is 10.1. The zero-order chi connectivity index (χ0) is 12.4. The SMILES string of the molecule is Clc1ccccc1CN1CCN(C2CNC2)CC1. The minimum atomic E-state index is 0.785. The number of hydrogen-bond acceptors (Lipinski definition) is 3. The maximum atomic E-state index is 6.21. The van der Waals surface area contributed by atoms with Crippen LogP contribution in [0.3, 0.4) is 0 Å². The van der Waals surface area contributed by atoms with Gasteiger partial charge < -0.3 is 5.32 Å². The van der Waals surface area contributed by atoms with Crippen molar-refractivity contribution in [1.82, 2.24) is 15.1 Å². The Balaban J connectivity index is 1.52.